The number of hydrogen-bond donors (Lipinski definition) is 1. The van der Waals surface area contributed by atoms with Gasteiger partial charge in [0, 0.05) is 22.4 Å². The Morgan fingerprint density at radius 2 is 2.11 bits per heavy atom. The van der Waals surface area contributed by atoms with E-state index in [4.69, 9.17) is 21.9 Å². The van der Waals surface area contributed by atoms with Gasteiger partial charge in [-0.2, -0.15) is 16.7 Å². The molecule has 1 unspecified atom stereocenters. The zero-order valence-electron chi connectivity index (χ0n) is 9.97. The van der Waals surface area contributed by atoms with Crippen LogP contribution in [0.3, 0.4) is 0 Å². The summed E-state index contributed by atoms with van der Waals surface area (Å²) in [7, 11) is 0. The monoisotopic (exact) mass is 283 g/mol. The molecule has 1 atom stereocenters. The van der Waals surface area contributed by atoms with E-state index in [1.165, 1.54) is 0 Å². The highest BCUT2D eigenvalue weighted by atomic mass is 35.5. The molecule has 18 heavy (non-hydrogen) atoms. The lowest BCUT2D eigenvalue weighted by molar-refractivity contribution is 0.425. The highest BCUT2D eigenvalue weighted by molar-refractivity contribution is 7.98. The molecule has 0 saturated carbocycles. The maximum atomic E-state index is 5.82. The Labute approximate surface area is 115 Å². The summed E-state index contributed by atoms with van der Waals surface area (Å²) in [5, 5.41) is 4.62. The van der Waals surface area contributed by atoms with Crippen molar-refractivity contribution in [2.75, 3.05) is 5.75 Å². The molecule has 2 aromatic rings. The number of nitrogens with zero attached hydrogens (tertiary/aromatic N) is 2. The van der Waals surface area contributed by atoms with Crippen LogP contribution in [-0.4, -0.2) is 21.9 Å². The van der Waals surface area contributed by atoms with Crippen LogP contribution in [0.25, 0.3) is 11.5 Å². The third kappa shape index (κ3) is 3.73. The molecule has 6 heteroatoms. The molecule has 0 aliphatic rings. The molecule has 2 rings (SSSR count). The molecular weight excluding hydrogens is 270 g/mol. The van der Waals surface area contributed by atoms with Crippen LogP contribution >= 0.6 is 23.4 Å². The lowest BCUT2D eigenvalue weighted by atomic mass is 10.2. The normalized spacial score (nSPS) is 12.6. The third-order valence-electron chi connectivity index (χ3n) is 2.17. The van der Waals surface area contributed by atoms with Crippen LogP contribution in [0.5, 0.6) is 0 Å². The summed E-state index contributed by atoms with van der Waals surface area (Å²) in [6.07, 6.45) is 0. The molecule has 1 aromatic heterocycles. The van der Waals surface area contributed by atoms with Gasteiger partial charge in [-0.1, -0.05) is 16.8 Å². The number of nitrogens with two attached hydrogens (primary N) is 1. The average Bonchev–Trinajstić information content (AvgIpc) is 2.78. The predicted molar refractivity (Wildman–Crippen MR) is 74.6 cm³/mol. The van der Waals surface area contributed by atoms with Crippen molar-refractivity contribution in [1.29, 1.82) is 0 Å². The smallest absolute Gasteiger partial charge is 0.257 e. The van der Waals surface area contributed by atoms with E-state index in [1.54, 1.807) is 23.9 Å². The van der Waals surface area contributed by atoms with Gasteiger partial charge in [0.2, 0.25) is 0 Å². The molecule has 0 aliphatic heterocycles. The van der Waals surface area contributed by atoms with Crippen molar-refractivity contribution < 1.29 is 4.52 Å². The fourth-order valence-electron chi connectivity index (χ4n) is 1.36. The second-order valence-corrected chi connectivity index (χ2v) is 5.48. The van der Waals surface area contributed by atoms with Crippen molar-refractivity contribution in [3.8, 4) is 11.5 Å². The molecule has 0 radical (unpaired) electrons. The molecule has 96 valence electrons. The fourth-order valence-corrected chi connectivity index (χ4v) is 2.27. The largest absolute Gasteiger partial charge is 0.334 e. The lowest BCUT2D eigenvalue weighted by Crippen LogP contribution is -2.17. The van der Waals surface area contributed by atoms with Crippen LogP contribution in [0.1, 0.15) is 12.7 Å². The van der Waals surface area contributed by atoms with Crippen molar-refractivity contribution in [2.45, 2.75) is 18.7 Å². The number of hydrogen-bond acceptors (Lipinski definition) is 5. The summed E-state index contributed by atoms with van der Waals surface area (Å²) >= 11 is 7.51. The molecule has 4 nitrogen and oxygen atoms in total. The summed E-state index contributed by atoms with van der Waals surface area (Å²) < 4.78 is 5.20. The Hall–Kier alpha value is -1.04. The minimum absolute atomic E-state index is 0.178. The van der Waals surface area contributed by atoms with Gasteiger partial charge >= 0.3 is 0 Å². The van der Waals surface area contributed by atoms with E-state index in [2.05, 4.69) is 10.1 Å². The molecule has 0 aliphatic carbocycles. The summed E-state index contributed by atoms with van der Waals surface area (Å²) in [5.41, 5.74) is 6.54. The average molecular weight is 284 g/mol. The first-order chi connectivity index (χ1) is 8.65. The van der Waals surface area contributed by atoms with Gasteiger partial charge in [-0.25, -0.2) is 0 Å². The first-order valence-corrected chi connectivity index (χ1v) is 7.10. The van der Waals surface area contributed by atoms with Gasteiger partial charge in [0.25, 0.3) is 5.89 Å². The van der Waals surface area contributed by atoms with Gasteiger partial charge in [-0.05, 0) is 31.2 Å². The van der Waals surface area contributed by atoms with Crippen molar-refractivity contribution in [3.63, 3.8) is 0 Å². The molecule has 0 spiro atoms. The second-order valence-electron chi connectivity index (χ2n) is 4.02. The van der Waals surface area contributed by atoms with E-state index in [1.807, 2.05) is 19.1 Å². The van der Waals surface area contributed by atoms with Gasteiger partial charge < -0.3 is 10.3 Å². The molecule has 0 amide bonds. The van der Waals surface area contributed by atoms with Crippen LogP contribution in [-0.2, 0) is 5.75 Å². The van der Waals surface area contributed by atoms with Crippen molar-refractivity contribution in [2.24, 2.45) is 5.73 Å². The van der Waals surface area contributed by atoms with Gasteiger partial charge in [0.1, 0.15) is 0 Å². The van der Waals surface area contributed by atoms with E-state index < -0.39 is 0 Å². The number of thioether (sulfide) groups is 1. The molecule has 1 aromatic carbocycles. The van der Waals surface area contributed by atoms with Gasteiger partial charge in [0.15, 0.2) is 5.82 Å². The topological polar surface area (TPSA) is 64.9 Å². The number of benzene rings is 1. The molecular formula is C12H14ClN3OS. The summed E-state index contributed by atoms with van der Waals surface area (Å²) in [4.78, 5) is 4.32. The minimum Gasteiger partial charge on any atom is -0.334 e. The molecule has 1 heterocycles. The zero-order chi connectivity index (χ0) is 13.0. The highest BCUT2D eigenvalue weighted by Gasteiger charge is 2.08. The van der Waals surface area contributed by atoms with E-state index in [0.717, 1.165) is 11.3 Å². The SMILES string of the molecule is CC(N)CSCc1noc(-c2ccc(Cl)cc2)n1. The Morgan fingerprint density at radius 3 is 2.78 bits per heavy atom. The Bertz CT molecular complexity index is 498. The summed E-state index contributed by atoms with van der Waals surface area (Å²) in [6, 6.07) is 7.48. The molecule has 0 fully saturated rings. The van der Waals surface area contributed by atoms with Crippen molar-refractivity contribution in [1.82, 2.24) is 10.1 Å². The van der Waals surface area contributed by atoms with Crippen LogP contribution in [0.4, 0.5) is 0 Å². The first-order valence-electron chi connectivity index (χ1n) is 5.57. The summed E-state index contributed by atoms with van der Waals surface area (Å²) in [6.45, 7) is 1.97. The van der Waals surface area contributed by atoms with Crippen LogP contribution in [0.15, 0.2) is 28.8 Å². The Balaban J connectivity index is 1.99. The van der Waals surface area contributed by atoms with E-state index >= 15 is 0 Å². The lowest BCUT2D eigenvalue weighted by Gasteiger charge is -2.00. The van der Waals surface area contributed by atoms with Crippen LogP contribution in [0, 0.1) is 0 Å². The Morgan fingerprint density at radius 1 is 1.39 bits per heavy atom. The van der Waals surface area contributed by atoms with Crippen LogP contribution in [0.2, 0.25) is 5.02 Å². The number of rotatable bonds is 5. The molecule has 0 bridgehead atoms. The van der Waals surface area contributed by atoms with Gasteiger partial charge in [-0.3, -0.25) is 0 Å². The van der Waals surface area contributed by atoms with Gasteiger partial charge in [0.05, 0.1) is 5.75 Å². The first kappa shape index (κ1) is 13.4. The van der Waals surface area contributed by atoms with E-state index in [9.17, 15) is 0 Å². The maximum Gasteiger partial charge on any atom is 0.257 e. The van der Waals surface area contributed by atoms with Gasteiger partial charge in [-0.15, -0.1) is 0 Å². The van der Waals surface area contributed by atoms with Crippen LogP contribution < -0.4 is 5.73 Å². The maximum absolute atomic E-state index is 5.82. The number of halogens is 1. The second kappa shape index (κ2) is 6.22. The Kier molecular flexibility index (Phi) is 4.63. The molecule has 2 N–H and O–H groups in total. The third-order valence-corrected chi connectivity index (χ3v) is 3.65. The van der Waals surface area contributed by atoms with Crippen molar-refractivity contribution >= 4 is 23.4 Å². The summed E-state index contributed by atoms with van der Waals surface area (Å²) in [5.74, 6) is 2.79. The highest BCUT2D eigenvalue weighted by Crippen LogP contribution is 2.20. The quantitative estimate of drug-likeness (QED) is 0.914. The number of aromatic nitrogens is 2. The zero-order valence-corrected chi connectivity index (χ0v) is 11.5. The predicted octanol–water partition coefficient (Wildman–Crippen LogP) is 2.97. The van der Waals surface area contributed by atoms with Crippen molar-refractivity contribution in [3.05, 3.63) is 35.1 Å². The van der Waals surface area contributed by atoms with E-state index in [-0.39, 0.29) is 6.04 Å². The fraction of sp³-hybridized carbons (Fsp3) is 0.333. The minimum atomic E-state index is 0.178. The molecule has 0 saturated heterocycles. The standard InChI is InChI=1S/C12H14ClN3OS/c1-8(14)6-18-7-11-15-12(17-16-11)9-2-4-10(13)5-3-9/h2-5,8H,6-7,14H2,1H3. The van der Waals surface area contributed by atoms with E-state index in [0.29, 0.717) is 22.5 Å².